The molecular weight excluding hydrogens is 681 g/mol. The molecule has 0 spiro atoms. The molecule has 0 radical (unpaired) electrons. The highest BCUT2D eigenvalue weighted by Crippen LogP contribution is 2.43. The molecule has 1 amide bonds. The highest BCUT2D eigenvalue weighted by Gasteiger charge is 2.23. The van der Waals surface area contributed by atoms with Crippen LogP contribution in [-0.4, -0.2) is 84.8 Å². The number of thiocarbonyl (C=S) groups is 1. The van der Waals surface area contributed by atoms with E-state index in [1.807, 2.05) is 0 Å². The monoisotopic (exact) mass is 717 g/mol. The van der Waals surface area contributed by atoms with Crippen LogP contribution >= 0.6 is 20.0 Å². The van der Waals surface area contributed by atoms with Crippen molar-refractivity contribution in [3.63, 3.8) is 0 Å². The molecule has 17 heteroatoms. The van der Waals surface area contributed by atoms with E-state index in [1.54, 1.807) is 31.2 Å². The Bertz CT molecular complexity index is 1870. The number of aromatic carboxylic acids is 1. The molecule has 6 N–H and O–H groups in total. The Labute approximate surface area is 286 Å². The normalized spacial score (nSPS) is 12.4. The third-order valence-corrected chi connectivity index (χ3v) is 8.14. The number of hydrogen-bond donors (Lipinski definition) is 6. The Hall–Kier alpha value is -4.41. The molecular formula is C32H36N3O12PS. The number of anilines is 1. The smallest absolute Gasteiger partial charge is 0.472 e. The minimum absolute atomic E-state index is 0.0218. The Morgan fingerprint density at radius 2 is 1.63 bits per heavy atom. The lowest BCUT2D eigenvalue weighted by Crippen LogP contribution is -2.31. The number of nitrogens with one attached hydrogen (secondary N) is 3. The Morgan fingerprint density at radius 1 is 0.898 bits per heavy atom. The highest BCUT2D eigenvalue weighted by atomic mass is 32.1. The second-order valence-electron chi connectivity index (χ2n) is 10.3. The molecule has 49 heavy (non-hydrogen) atoms. The summed E-state index contributed by atoms with van der Waals surface area (Å²) in [7, 11) is -4.09. The van der Waals surface area contributed by atoms with Crippen molar-refractivity contribution >= 4 is 53.7 Å². The van der Waals surface area contributed by atoms with Gasteiger partial charge in [-0.1, -0.05) is 6.07 Å². The molecule has 4 rings (SSSR count). The second-order valence-corrected chi connectivity index (χ2v) is 12.2. The van der Waals surface area contributed by atoms with Crippen molar-refractivity contribution in [2.24, 2.45) is 0 Å². The molecule has 1 aliphatic heterocycles. The van der Waals surface area contributed by atoms with Gasteiger partial charge in [0.05, 0.1) is 45.2 Å². The van der Waals surface area contributed by atoms with Crippen molar-refractivity contribution in [3.8, 4) is 28.2 Å². The summed E-state index contributed by atoms with van der Waals surface area (Å²) in [5.74, 6) is -1.28. The van der Waals surface area contributed by atoms with E-state index in [-0.39, 0.29) is 85.1 Å². The molecule has 0 saturated heterocycles. The molecule has 1 aliphatic carbocycles. The molecule has 1 unspecified atom stereocenters. The van der Waals surface area contributed by atoms with Crippen LogP contribution in [0.5, 0.6) is 5.75 Å². The topological polar surface area (TPSA) is 215 Å². The number of rotatable bonds is 18. The second kappa shape index (κ2) is 17.8. The zero-order valence-electron chi connectivity index (χ0n) is 26.4. The molecule has 0 fully saturated rings. The number of amides is 1. The van der Waals surface area contributed by atoms with E-state index in [9.17, 15) is 34.1 Å². The van der Waals surface area contributed by atoms with Crippen LogP contribution < -0.4 is 21.4 Å². The van der Waals surface area contributed by atoms with E-state index in [1.165, 1.54) is 30.3 Å². The summed E-state index contributed by atoms with van der Waals surface area (Å²) < 4.78 is 37.4. The Balaban J connectivity index is 1.22. The number of phosphoric ester groups is 1. The van der Waals surface area contributed by atoms with Crippen LogP contribution in [-0.2, 0) is 27.9 Å². The molecule has 262 valence electrons. The fourth-order valence-corrected chi connectivity index (χ4v) is 5.65. The lowest BCUT2D eigenvalue weighted by molar-refractivity contribution is -0.122. The van der Waals surface area contributed by atoms with Gasteiger partial charge in [0.1, 0.15) is 17.1 Å². The lowest BCUT2D eigenvalue weighted by atomic mass is 9.90. The number of carbonyl (C=O) groups excluding carboxylic acids is 1. The average molecular weight is 718 g/mol. The molecule has 0 bridgehead atoms. The summed E-state index contributed by atoms with van der Waals surface area (Å²) in [5, 5.41) is 29.4. The lowest BCUT2D eigenvalue weighted by Gasteiger charge is -2.18. The van der Waals surface area contributed by atoms with Crippen LogP contribution in [0.3, 0.4) is 0 Å². The molecule has 0 aromatic heterocycles. The third kappa shape index (κ3) is 11.1. The SMILES string of the molecule is CCOP(=O)(O)OCCNC(=O)CCOCCOCCNC(=S)Nc1ccc(-c2c3ccc(=O)cc-3oc3cc(O)ccc23)c(C(=O)O)c1. The van der Waals surface area contributed by atoms with E-state index in [0.717, 1.165) is 0 Å². The zero-order chi connectivity index (χ0) is 35.4. The average Bonchev–Trinajstić information content (AvgIpc) is 3.04. The molecule has 0 saturated carbocycles. The number of carbonyl (C=O) groups is 2. The van der Waals surface area contributed by atoms with E-state index in [2.05, 4.69) is 25.0 Å². The van der Waals surface area contributed by atoms with Crippen molar-refractivity contribution in [1.29, 1.82) is 0 Å². The van der Waals surface area contributed by atoms with Crippen LogP contribution in [0.1, 0.15) is 23.7 Å². The van der Waals surface area contributed by atoms with Crippen LogP contribution in [0, 0.1) is 0 Å². The molecule has 2 aromatic rings. The van der Waals surface area contributed by atoms with E-state index in [4.69, 9.17) is 26.1 Å². The van der Waals surface area contributed by atoms with Gasteiger partial charge in [0, 0.05) is 53.8 Å². The van der Waals surface area contributed by atoms with E-state index >= 15 is 0 Å². The number of hydrogen-bond acceptors (Lipinski definition) is 11. The number of fused-ring (bicyclic) bond motifs is 2. The summed E-state index contributed by atoms with van der Waals surface area (Å²) in [6.07, 6.45) is 0.0927. The van der Waals surface area contributed by atoms with Gasteiger partial charge in [-0.3, -0.25) is 18.6 Å². The summed E-state index contributed by atoms with van der Waals surface area (Å²) in [6, 6.07) is 13.5. The number of carboxylic acids is 1. The number of carboxylic acid groups (broad SMARTS) is 1. The molecule has 2 aliphatic rings. The van der Waals surface area contributed by atoms with Gasteiger partial charge in [-0.15, -0.1) is 0 Å². The predicted molar refractivity (Wildman–Crippen MR) is 184 cm³/mol. The van der Waals surface area contributed by atoms with Gasteiger partial charge in [0.15, 0.2) is 10.5 Å². The number of phenols is 1. The van der Waals surface area contributed by atoms with Gasteiger partial charge in [-0.2, -0.15) is 0 Å². The van der Waals surface area contributed by atoms with Gasteiger partial charge in [0.2, 0.25) is 5.91 Å². The maximum Gasteiger partial charge on any atom is 0.472 e. The number of ether oxygens (including phenoxy) is 2. The number of aromatic hydroxyl groups is 1. The van der Waals surface area contributed by atoms with Gasteiger partial charge in [-0.25, -0.2) is 9.36 Å². The van der Waals surface area contributed by atoms with E-state index in [0.29, 0.717) is 40.9 Å². The van der Waals surface area contributed by atoms with E-state index < -0.39 is 13.8 Å². The fourth-order valence-electron chi connectivity index (χ4n) is 4.71. The van der Waals surface area contributed by atoms with Crippen molar-refractivity contribution in [1.82, 2.24) is 10.6 Å². The summed E-state index contributed by atoms with van der Waals surface area (Å²) in [5.41, 5.74) is 1.86. The van der Waals surface area contributed by atoms with Gasteiger partial charge < -0.3 is 44.9 Å². The zero-order valence-corrected chi connectivity index (χ0v) is 28.1. The minimum Gasteiger partial charge on any atom is -0.508 e. The molecule has 15 nitrogen and oxygen atoms in total. The first-order valence-electron chi connectivity index (χ1n) is 15.1. The molecule has 1 heterocycles. The summed E-state index contributed by atoms with van der Waals surface area (Å²) in [4.78, 5) is 45.6. The largest absolute Gasteiger partial charge is 0.508 e. The minimum atomic E-state index is -4.09. The first-order valence-corrected chi connectivity index (χ1v) is 17.0. The summed E-state index contributed by atoms with van der Waals surface area (Å²) >= 11 is 5.36. The first kappa shape index (κ1) is 37.4. The maximum atomic E-state index is 12.4. The van der Waals surface area contributed by atoms with Gasteiger partial charge in [-0.05, 0) is 61.1 Å². The predicted octanol–water partition coefficient (Wildman–Crippen LogP) is 3.95. The van der Waals surface area contributed by atoms with Crippen molar-refractivity contribution in [2.45, 2.75) is 13.3 Å². The van der Waals surface area contributed by atoms with Gasteiger partial charge in [0.25, 0.3) is 0 Å². The number of benzene rings is 3. The first-order chi connectivity index (χ1) is 23.5. The van der Waals surface area contributed by atoms with Crippen LogP contribution in [0.4, 0.5) is 5.69 Å². The number of phosphoric acid groups is 1. The number of phenolic OH excluding ortho intramolecular Hbond substituents is 1. The van der Waals surface area contributed by atoms with Crippen LogP contribution in [0.25, 0.3) is 33.4 Å². The standard InChI is InChI=1S/C32H36N3O12PS/c1-2-45-48(41,42)46-14-11-33-29(38)9-12-43-15-16-44-13-10-34-32(49)35-20-3-6-23(26(17-20)31(39)40)30-24-7-4-21(36)18-27(24)47-28-19-22(37)5-8-25(28)30/h3-8,17-19,36H,2,9-16H2,1H3,(H,33,38)(H,39,40)(H,41,42)(H2,34,35,49). The van der Waals surface area contributed by atoms with Crippen LogP contribution in [0.15, 0.2) is 63.8 Å². The van der Waals surface area contributed by atoms with Crippen LogP contribution in [0.2, 0.25) is 0 Å². The molecule has 2 aromatic carbocycles. The highest BCUT2D eigenvalue weighted by molar-refractivity contribution is 7.80. The van der Waals surface area contributed by atoms with Gasteiger partial charge >= 0.3 is 13.8 Å². The fraction of sp³-hybridized carbons (Fsp3) is 0.312. The van der Waals surface area contributed by atoms with Crippen molar-refractivity contribution in [3.05, 3.63) is 70.4 Å². The Kier molecular flexibility index (Phi) is 13.6. The van der Waals surface area contributed by atoms with Crippen molar-refractivity contribution in [2.75, 3.05) is 58.0 Å². The quantitative estimate of drug-likeness (QED) is 0.0372. The maximum absolute atomic E-state index is 12.4. The summed E-state index contributed by atoms with van der Waals surface area (Å²) in [6.45, 7) is 2.80. The molecule has 1 atom stereocenters. The Morgan fingerprint density at radius 3 is 2.39 bits per heavy atom. The third-order valence-electron chi connectivity index (χ3n) is 6.80. The van der Waals surface area contributed by atoms with Crippen molar-refractivity contribution < 1.29 is 52.2 Å².